The maximum atomic E-state index is 6.47. The molecule has 0 N–H and O–H groups in total. The Labute approximate surface area is 258 Å². The third-order valence-electron chi connectivity index (χ3n) is 8.25. The second kappa shape index (κ2) is 10.5. The van der Waals surface area contributed by atoms with Gasteiger partial charge in [-0.25, -0.2) is 9.67 Å². The Bertz CT molecular complexity index is 2180. The van der Waals surface area contributed by atoms with Gasteiger partial charge in [0.1, 0.15) is 17.3 Å². The lowest BCUT2D eigenvalue weighted by molar-refractivity contribution is 0.483. The van der Waals surface area contributed by atoms with Gasteiger partial charge in [-0.2, -0.15) is 5.10 Å². The number of hydrogen-bond acceptors (Lipinski definition) is 3. The predicted molar refractivity (Wildman–Crippen MR) is 181 cm³/mol. The molecule has 0 unspecified atom stereocenters. The molecule has 5 heteroatoms. The Balaban J connectivity index is 1.25. The monoisotopic (exact) mass is 576 g/mol. The van der Waals surface area contributed by atoms with Crippen LogP contribution in [-0.2, 0) is 5.41 Å². The van der Waals surface area contributed by atoms with Crippen LogP contribution in [0.1, 0.15) is 43.0 Å². The number of nitrogens with zero attached hydrogens (tertiary/aromatic N) is 4. The van der Waals surface area contributed by atoms with E-state index in [1.807, 2.05) is 47.4 Å². The van der Waals surface area contributed by atoms with E-state index in [1.54, 1.807) is 0 Å². The van der Waals surface area contributed by atoms with E-state index in [0.29, 0.717) is 0 Å². The van der Waals surface area contributed by atoms with Gasteiger partial charge in [-0.05, 0) is 90.9 Å². The lowest BCUT2D eigenvalue weighted by atomic mass is 9.80. The molecule has 0 aliphatic heterocycles. The molecule has 4 aromatic carbocycles. The SMILES string of the molecule is Cc1ccnc(-n2c3ccccc3c3ccc(Oc4cccc(-n5cc(-c6c(C)cc(C)cc6C(C)(C)C)cn5)c4)cc32)c1. The van der Waals surface area contributed by atoms with Gasteiger partial charge in [0.15, 0.2) is 0 Å². The molecule has 218 valence electrons. The van der Waals surface area contributed by atoms with Crippen molar-refractivity contribution in [3.63, 3.8) is 0 Å². The molecule has 0 radical (unpaired) electrons. The van der Waals surface area contributed by atoms with Crippen molar-refractivity contribution in [1.29, 1.82) is 0 Å². The van der Waals surface area contributed by atoms with Crippen molar-refractivity contribution < 1.29 is 4.74 Å². The van der Waals surface area contributed by atoms with E-state index >= 15 is 0 Å². The van der Waals surface area contributed by atoms with Crippen LogP contribution in [0.15, 0.2) is 110 Å². The first-order valence-corrected chi connectivity index (χ1v) is 15.1. The van der Waals surface area contributed by atoms with E-state index in [1.165, 1.54) is 33.2 Å². The summed E-state index contributed by atoms with van der Waals surface area (Å²) < 4.78 is 10.6. The maximum Gasteiger partial charge on any atom is 0.137 e. The minimum absolute atomic E-state index is 0.0180. The number of fused-ring (bicyclic) bond motifs is 3. The summed E-state index contributed by atoms with van der Waals surface area (Å²) in [5.41, 5.74) is 10.5. The number of aromatic nitrogens is 4. The third kappa shape index (κ3) is 4.94. The van der Waals surface area contributed by atoms with Crippen molar-refractivity contribution in [2.45, 2.75) is 47.0 Å². The van der Waals surface area contributed by atoms with Crippen LogP contribution >= 0.6 is 0 Å². The summed E-state index contributed by atoms with van der Waals surface area (Å²) in [6.45, 7) is 13.2. The molecule has 0 fully saturated rings. The van der Waals surface area contributed by atoms with E-state index in [9.17, 15) is 0 Å². The number of ether oxygens (including phenoxy) is 1. The molecule has 7 rings (SSSR count). The molecule has 0 aliphatic rings. The van der Waals surface area contributed by atoms with Crippen LogP contribution < -0.4 is 4.74 Å². The first-order valence-electron chi connectivity index (χ1n) is 15.1. The highest BCUT2D eigenvalue weighted by Crippen LogP contribution is 2.38. The van der Waals surface area contributed by atoms with E-state index in [4.69, 9.17) is 14.8 Å². The van der Waals surface area contributed by atoms with Crippen LogP contribution in [0, 0.1) is 20.8 Å². The molecular weight excluding hydrogens is 540 g/mol. The largest absolute Gasteiger partial charge is 0.457 e. The zero-order valence-corrected chi connectivity index (χ0v) is 26.1. The van der Waals surface area contributed by atoms with E-state index in [0.717, 1.165) is 45.0 Å². The van der Waals surface area contributed by atoms with Gasteiger partial charge >= 0.3 is 0 Å². The van der Waals surface area contributed by atoms with Gasteiger partial charge in [-0.15, -0.1) is 0 Å². The van der Waals surface area contributed by atoms with Crippen LogP contribution in [0.25, 0.3) is 44.4 Å². The van der Waals surface area contributed by atoms with Gasteiger partial charge < -0.3 is 4.74 Å². The molecule has 0 saturated carbocycles. The minimum Gasteiger partial charge on any atom is -0.457 e. The van der Waals surface area contributed by atoms with Crippen LogP contribution in [0.2, 0.25) is 0 Å². The van der Waals surface area contributed by atoms with E-state index < -0.39 is 0 Å². The molecule has 0 bridgehead atoms. The summed E-state index contributed by atoms with van der Waals surface area (Å²) in [5, 5.41) is 7.12. The Morgan fingerprint density at radius 1 is 0.705 bits per heavy atom. The standard InChI is InChI=1S/C39H36N4O/c1-25-16-17-40-37(20-25)43-35-13-8-7-12-32(35)33-15-14-31(22-36(33)43)44-30-11-9-10-29(21-30)42-24-28(23-41-42)38-27(3)18-26(2)19-34(38)39(4,5)6/h7-24H,1-6H3. The second-order valence-corrected chi connectivity index (χ2v) is 12.8. The van der Waals surface area contributed by atoms with Crippen molar-refractivity contribution in [2.24, 2.45) is 0 Å². The number of hydrogen-bond donors (Lipinski definition) is 0. The minimum atomic E-state index is 0.0180. The highest BCUT2D eigenvalue weighted by molar-refractivity contribution is 6.09. The fraction of sp³-hybridized carbons (Fsp3) is 0.179. The fourth-order valence-corrected chi connectivity index (χ4v) is 6.26. The Morgan fingerprint density at radius 3 is 2.32 bits per heavy atom. The summed E-state index contributed by atoms with van der Waals surface area (Å²) in [6, 6.07) is 31.5. The Morgan fingerprint density at radius 2 is 1.50 bits per heavy atom. The Kier molecular flexibility index (Phi) is 6.62. The smallest absolute Gasteiger partial charge is 0.137 e. The highest BCUT2D eigenvalue weighted by Gasteiger charge is 2.22. The average molecular weight is 577 g/mol. The van der Waals surface area contributed by atoms with Gasteiger partial charge in [-0.3, -0.25) is 4.57 Å². The summed E-state index contributed by atoms with van der Waals surface area (Å²) in [7, 11) is 0. The molecule has 0 spiro atoms. The van der Waals surface area contributed by atoms with E-state index in [2.05, 4.69) is 113 Å². The first-order chi connectivity index (χ1) is 21.2. The van der Waals surface area contributed by atoms with E-state index in [-0.39, 0.29) is 5.41 Å². The molecule has 3 aromatic heterocycles. The second-order valence-electron chi connectivity index (χ2n) is 12.8. The normalized spacial score (nSPS) is 11.9. The molecule has 3 heterocycles. The average Bonchev–Trinajstić information content (AvgIpc) is 3.59. The maximum absolute atomic E-state index is 6.47. The highest BCUT2D eigenvalue weighted by atomic mass is 16.5. The lowest BCUT2D eigenvalue weighted by Gasteiger charge is -2.25. The zero-order chi connectivity index (χ0) is 30.6. The molecule has 7 aromatic rings. The zero-order valence-electron chi connectivity index (χ0n) is 26.1. The molecular formula is C39H36N4O. The number of aryl methyl sites for hydroxylation is 3. The summed E-state index contributed by atoms with van der Waals surface area (Å²) >= 11 is 0. The van der Waals surface area contributed by atoms with Gasteiger partial charge in [0, 0.05) is 40.9 Å². The fourth-order valence-electron chi connectivity index (χ4n) is 6.26. The number of para-hydroxylation sites is 1. The summed E-state index contributed by atoms with van der Waals surface area (Å²) in [4.78, 5) is 4.71. The van der Waals surface area contributed by atoms with Crippen molar-refractivity contribution >= 4 is 21.8 Å². The molecule has 44 heavy (non-hydrogen) atoms. The summed E-state index contributed by atoms with van der Waals surface area (Å²) in [6.07, 6.45) is 5.94. The van der Waals surface area contributed by atoms with Gasteiger partial charge in [0.25, 0.3) is 0 Å². The van der Waals surface area contributed by atoms with Crippen LogP contribution in [0.4, 0.5) is 0 Å². The van der Waals surface area contributed by atoms with Crippen LogP contribution in [0.3, 0.4) is 0 Å². The van der Waals surface area contributed by atoms with Crippen LogP contribution in [-0.4, -0.2) is 19.3 Å². The van der Waals surface area contributed by atoms with Crippen LogP contribution in [0.5, 0.6) is 11.5 Å². The number of rotatable bonds is 5. The van der Waals surface area contributed by atoms with Crippen molar-refractivity contribution in [3.05, 3.63) is 132 Å². The lowest BCUT2D eigenvalue weighted by Crippen LogP contribution is -2.14. The van der Waals surface area contributed by atoms with Crippen molar-refractivity contribution in [3.8, 4) is 34.1 Å². The first kappa shape index (κ1) is 27.7. The Hall–Kier alpha value is -5.16. The topological polar surface area (TPSA) is 44.9 Å². The molecule has 5 nitrogen and oxygen atoms in total. The van der Waals surface area contributed by atoms with Gasteiger partial charge in [-0.1, -0.05) is 62.7 Å². The van der Waals surface area contributed by atoms with Crippen molar-refractivity contribution in [1.82, 2.24) is 19.3 Å². The molecule has 0 saturated heterocycles. The molecule has 0 aliphatic carbocycles. The van der Waals surface area contributed by atoms with Gasteiger partial charge in [0.2, 0.25) is 0 Å². The molecule has 0 atom stereocenters. The summed E-state index contributed by atoms with van der Waals surface area (Å²) in [5.74, 6) is 2.40. The van der Waals surface area contributed by atoms with Gasteiger partial charge in [0.05, 0.1) is 22.9 Å². The number of pyridine rings is 1. The quantitative estimate of drug-likeness (QED) is 0.205. The number of benzene rings is 4. The third-order valence-corrected chi connectivity index (χ3v) is 8.25. The molecule has 0 amide bonds. The van der Waals surface area contributed by atoms with Crippen molar-refractivity contribution in [2.75, 3.05) is 0 Å². The predicted octanol–water partition coefficient (Wildman–Crippen LogP) is 10.0.